The van der Waals surface area contributed by atoms with Crippen molar-refractivity contribution in [2.45, 2.75) is 33.4 Å². The predicted molar refractivity (Wildman–Crippen MR) is 69.8 cm³/mol. The first-order valence-corrected chi connectivity index (χ1v) is 5.95. The molecule has 0 radical (unpaired) electrons. The van der Waals surface area contributed by atoms with Crippen LogP contribution in [0.3, 0.4) is 0 Å². The number of hydrogen-bond donors (Lipinski definition) is 2. The zero-order valence-corrected chi connectivity index (χ0v) is 10.6. The molecule has 1 atom stereocenters. The third-order valence-corrected chi connectivity index (χ3v) is 3.06. The number of rotatable bonds is 4. The Morgan fingerprint density at radius 3 is 2.82 bits per heavy atom. The van der Waals surface area contributed by atoms with Gasteiger partial charge in [-0.2, -0.15) is 5.10 Å². The monoisotopic (exact) mass is 229 g/mol. The lowest BCUT2D eigenvalue weighted by molar-refractivity contribution is 0.564. The standard InChI is InChI=1S/C14H19N3/c1-10-4-5-11(2)14(8-10)12(3)15-9-13-6-7-16-17-13/h4-8,12,15H,9H2,1-3H3,(H,16,17). The third kappa shape index (κ3) is 2.94. The van der Waals surface area contributed by atoms with E-state index in [0.717, 1.165) is 12.2 Å². The van der Waals surface area contributed by atoms with Crippen LogP contribution in [-0.2, 0) is 6.54 Å². The van der Waals surface area contributed by atoms with E-state index >= 15 is 0 Å². The number of hydrogen-bond acceptors (Lipinski definition) is 2. The summed E-state index contributed by atoms with van der Waals surface area (Å²) in [6.07, 6.45) is 1.78. The highest BCUT2D eigenvalue weighted by molar-refractivity contribution is 5.32. The quantitative estimate of drug-likeness (QED) is 0.846. The summed E-state index contributed by atoms with van der Waals surface area (Å²) in [7, 11) is 0. The van der Waals surface area contributed by atoms with E-state index in [9.17, 15) is 0 Å². The van der Waals surface area contributed by atoms with Crippen LogP contribution in [0, 0.1) is 13.8 Å². The van der Waals surface area contributed by atoms with Crippen LogP contribution in [0.1, 0.15) is 35.3 Å². The van der Waals surface area contributed by atoms with Crippen molar-refractivity contribution in [3.05, 3.63) is 52.8 Å². The first-order chi connectivity index (χ1) is 8.16. The highest BCUT2D eigenvalue weighted by Crippen LogP contribution is 2.19. The van der Waals surface area contributed by atoms with Gasteiger partial charge in [0.15, 0.2) is 0 Å². The maximum absolute atomic E-state index is 3.94. The molecular formula is C14H19N3. The summed E-state index contributed by atoms with van der Waals surface area (Å²) in [5, 5.41) is 10.4. The molecule has 3 nitrogen and oxygen atoms in total. The van der Waals surface area contributed by atoms with Gasteiger partial charge in [-0.05, 0) is 38.0 Å². The van der Waals surface area contributed by atoms with Gasteiger partial charge in [0.05, 0.1) is 0 Å². The van der Waals surface area contributed by atoms with Crippen LogP contribution >= 0.6 is 0 Å². The summed E-state index contributed by atoms with van der Waals surface area (Å²) < 4.78 is 0. The molecule has 0 aliphatic heterocycles. The Kier molecular flexibility index (Phi) is 3.59. The Morgan fingerprint density at radius 2 is 2.12 bits per heavy atom. The number of benzene rings is 1. The smallest absolute Gasteiger partial charge is 0.0490 e. The molecule has 2 rings (SSSR count). The summed E-state index contributed by atoms with van der Waals surface area (Å²) in [6, 6.07) is 8.92. The normalized spacial score (nSPS) is 12.6. The van der Waals surface area contributed by atoms with E-state index in [1.54, 1.807) is 6.20 Å². The average Bonchev–Trinajstić information content (AvgIpc) is 2.82. The van der Waals surface area contributed by atoms with E-state index in [2.05, 4.69) is 54.5 Å². The number of H-pyrrole nitrogens is 1. The highest BCUT2D eigenvalue weighted by atomic mass is 15.1. The van der Waals surface area contributed by atoms with E-state index in [1.807, 2.05) is 6.07 Å². The second kappa shape index (κ2) is 5.15. The minimum atomic E-state index is 0.346. The number of nitrogens with one attached hydrogen (secondary N) is 2. The summed E-state index contributed by atoms with van der Waals surface area (Å²) in [6.45, 7) is 7.29. The second-order valence-electron chi connectivity index (χ2n) is 4.54. The van der Waals surface area contributed by atoms with Crippen molar-refractivity contribution < 1.29 is 0 Å². The van der Waals surface area contributed by atoms with Crippen molar-refractivity contribution in [1.82, 2.24) is 15.5 Å². The lowest BCUT2D eigenvalue weighted by Gasteiger charge is -2.16. The lowest BCUT2D eigenvalue weighted by atomic mass is 10.00. The van der Waals surface area contributed by atoms with Crippen molar-refractivity contribution in [1.29, 1.82) is 0 Å². The Bertz CT molecular complexity index is 474. The average molecular weight is 229 g/mol. The minimum Gasteiger partial charge on any atom is -0.305 e. The fourth-order valence-corrected chi connectivity index (χ4v) is 1.98. The third-order valence-electron chi connectivity index (χ3n) is 3.06. The van der Waals surface area contributed by atoms with Gasteiger partial charge in [0.1, 0.15) is 0 Å². The molecular weight excluding hydrogens is 210 g/mol. The summed E-state index contributed by atoms with van der Waals surface area (Å²) in [5.41, 5.74) is 5.12. The zero-order chi connectivity index (χ0) is 12.3. The van der Waals surface area contributed by atoms with Crippen molar-refractivity contribution >= 4 is 0 Å². The van der Waals surface area contributed by atoms with Crippen LogP contribution in [0.4, 0.5) is 0 Å². The highest BCUT2D eigenvalue weighted by Gasteiger charge is 2.08. The molecule has 0 bridgehead atoms. The molecule has 0 amide bonds. The van der Waals surface area contributed by atoms with Gasteiger partial charge < -0.3 is 5.32 Å². The van der Waals surface area contributed by atoms with Crippen LogP contribution in [0.2, 0.25) is 0 Å². The van der Waals surface area contributed by atoms with Crippen molar-refractivity contribution in [2.24, 2.45) is 0 Å². The molecule has 1 unspecified atom stereocenters. The van der Waals surface area contributed by atoms with E-state index in [1.165, 1.54) is 16.7 Å². The number of aromatic amines is 1. The maximum atomic E-state index is 3.94. The summed E-state index contributed by atoms with van der Waals surface area (Å²) in [5.74, 6) is 0. The zero-order valence-electron chi connectivity index (χ0n) is 10.6. The largest absolute Gasteiger partial charge is 0.305 e. The van der Waals surface area contributed by atoms with Gasteiger partial charge in [-0.1, -0.05) is 23.8 Å². The van der Waals surface area contributed by atoms with E-state index in [-0.39, 0.29) is 0 Å². The van der Waals surface area contributed by atoms with Gasteiger partial charge in [0.2, 0.25) is 0 Å². The fourth-order valence-electron chi connectivity index (χ4n) is 1.98. The molecule has 17 heavy (non-hydrogen) atoms. The van der Waals surface area contributed by atoms with Gasteiger partial charge in [0, 0.05) is 24.5 Å². The molecule has 0 saturated heterocycles. The molecule has 2 aromatic rings. The Hall–Kier alpha value is -1.61. The van der Waals surface area contributed by atoms with E-state index in [0.29, 0.717) is 6.04 Å². The SMILES string of the molecule is Cc1ccc(C)c(C(C)NCc2ccn[nH]2)c1. The molecule has 2 N–H and O–H groups in total. The van der Waals surface area contributed by atoms with Crippen LogP contribution < -0.4 is 5.32 Å². The van der Waals surface area contributed by atoms with Gasteiger partial charge in [-0.25, -0.2) is 0 Å². The van der Waals surface area contributed by atoms with Crippen LogP contribution in [0.15, 0.2) is 30.5 Å². The van der Waals surface area contributed by atoms with Crippen molar-refractivity contribution in [3.8, 4) is 0 Å². The molecule has 0 saturated carbocycles. The predicted octanol–water partition coefficient (Wildman–Crippen LogP) is 2.88. The van der Waals surface area contributed by atoms with E-state index < -0.39 is 0 Å². The number of aryl methyl sites for hydroxylation is 2. The van der Waals surface area contributed by atoms with Crippen molar-refractivity contribution in [2.75, 3.05) is 0 Å². The lowest BCUT2D eigenvalue weighted by Crippen LogP contribution is -2.19. The molecule has 3 heteroatoms. The minimum absolute atomic E-state index is 0.346. The first-order valence-electron chi connectivity index (χ1n) is 5.95. The van der Waals surface area contributed by atoms with E-state index in [4.69, 9.17) is 0 Å². The molecule has 0 aliphatic rings. The molecule has 1 aromatic carbocycles. The summed E-state index contributed by atoms with van der Waals surface area (Å²) >= 11 is 0. The Balaban J connectivity index is 2.04. The van der Waals surface area contributed by atoms with Crippen LogP contribution in [0.5, 0.6) is 0 Å². The molecule has 1 aromatic heterocycles. The molecule has 0 aliphatic carbocycles. The second-order valence-corrected chi connectivity index (χ2v) is 4.54. The molecule has 1 heterocycles. The van der Waals surface area contributed by atoms with Gasteiger partial charge in [-0.15, -0.1) is 0 Å². The van der Waals surface area contributed by atoms with Gasteiger partial charge in [0.25, 0.3) is 0 Å². The molecule has 90 valence electrons. The Labute approximate surface area is 102 Å². The van der Waals surface area contributed by atoms with Crippen LogP contribution in [0.25, 0.3) is 0 Å². The Morgan fingerprint density at radius 1 is 1.29 bits per heavy atom. The van der Waals surface area contributed by atoms with Crippen molar-refractivity contribution in [3.63, 3.8) is 0 Å². The number of nitrogens with zero attached hydrogens (tertiary/aromatic N) is 1. The first kappa shape index (κ1) is 11.9. The van der Waals surface area contributed by atoms with Gasteiger partial charge >= 0.3 is 0 Å². The maximum Gasteiger partial charge on any atom is 0.0490 e. The fraction of sp³-hybridized carbons (Fsp3) is 0.357. The molecule has 0 spiro atoms. The topological polar surface area (TPSA) is 40.7 Å². The number of aromatic nitrogens is 2. The summed E-state index contributed by atoms with van der Waals surface area (Å²) in [4.78, 5) is 0. The molecule has 0 fully saturated rings. The van der Waals surface area contributed by atoms with Crippen LogP contribution in [-0.4, -0.2) is 10.2 Å². The van der Waals surface area contributed by atoms with Gasteiger partial charge in [-0.3, -0.25) is 5.10 Å².